The normalized spacial score (nSPS) is 12.0. The summed E-state index contributed by atoms with van der Waals surface area (Å²) in [5, 5.41) is 85.5. The average molecular weight is 796 g/mol. The number of hydrogen-bond acceptors (Lipinski definition) is 16. The zero-order chi connectivity index (χ0) is 40.5. The van der Waals surface area contributed by atoms with Crippen LogP contribution in [0.15, 0.2) is 22.4 Å². The number of anilines is 1. The van der Waals surface area contributed by atoms with Crippen LogP contribution in [0.25, 0.3) is 0 Å². The Bertz CT molecular complexity index is 1480. The van der Waals surface area contributed by atoms with Crippen molar-refractivity contribution in [3.8, 4) is 17.9 Å². The largest absolute Gasteiger partial charge is 0.495 e. The highest BCUT2D eigenvalue weighted by atomic mass is 32.1. The fourth-order valence-corrected chi connectivity index (χ4v) is 7.22. The molecule has 17 nitrogen and oxygen atoms in total. The molecule has 0 spiro atoms. The summed E-state index contributed by atoms with van der Waals surface area (Å²) in [6.45, 7) is 9.77. The number of rotatable bonds is 31. The van der Waals surface area contributed by atoms with Gasteiger partial charge in [-0.05, 0) is 31.0 Å². The zero-order valence-electron chi connectivity index (χ0n) is 32.6. The van der Waals surface area contributed by atoms with Crippen molar-refractivity contribution in [1.82, 2.24) is 0 Å². The number of quaternary nitrogens is 2. The Morgan fingerprint density at radius 1 is 0.655 bits per heavy atom. The summed E-state index contributed by atoms with van der Waals surface area (Å²) < 4.78 is 24.3. The molecular formula is C37H61N7O10S+2. The fourth-order valence-electron chi connectivity index (χ4n) is 6.34. The third kappa shape index (κ3) is 15.3. The molecule has 6 N–H and O–H groups in total. The van der Waals surface area contributed by atoms with Gasteiger partial charge < -0.3 is 63.5 Å². The maximum atomic E-state index is 9.62. The highest BCUT2D eigenvalue weighted by Gasteiger charge is 2.27. The maximum absolute atomic E-state index is 9.62. The Balaban J connectivity index is 2.17. The van der Waals surface area contributed by atoms with Crippen molar-refractivity contribution in [2.45, 2.75) is 13.8 Å². The van der Waals surface area contributed by atoms with Crippen molar-refractivity contribution in [3.63, 3.8) is 0 Å². The van der Waals surface area contributed by atoms with Gasteiger partial charge >= 0.3 is 0 Å². The topological polar surface area (TPSA) is 234 Å². The number of methoxy groups -OCH3 is 1. The summed E-state index contributed by atoms with van der Waals surface area (Å²) >= 11 is 1.11. The minimum Gasteiger partial charge on any atom is -0.495 e. The lowest BCUT2D eigenvalue weighted by atomic mass is 10.1. The van der Waals surface area contributed by atoms with Gasteiger partial charge in [-0.25, -0.2) is 0 Å². The molecule has 0 fully saturated rings. The fraction of sp³-hybridized carbons (Fsp3) is 0.676. The predicted octanol–water partition coefficient (Wildman–Crippen LogP) is 0.976. The molecule has 18 heteroatoms. The van der Waals surface area contributed by atoms with Gasteiger partial charge in [0.1, 0.15) is 75.1 Å². The summed E-state index contributed by atoms with van der Waals surface area (Å²) in [5.41, 5.74) is 3.00. The van der Waals surface area contributed by atoms with Gasteiger partial charge in [0, 0.05) is 19.2 Å². The van der Waals surface area contributed by atoms with E-state index >= 15 is 0 Å². The summed E-state index contributed by atoms with van der Waals surface area (Å²) in [6, 6.07) is 7.91. The molecule has 0 aliphatic rings. The number of nitrogens with zero attached hydrogens (tertiary/aromatic N) is 7. The lowest BCUT2D eigenvalue weighted by molar-refractivity contribution is -0.929. The summed E-state index contributed by atoms with van der Waals surface area (Å²) in [4.78, 5) is 2.49. The molecule has 0 aliphatic carbocycles. The number of ether oxygens (including phenoxy) is 4. The monoisotopic (exact) mass is 795 g/mol. The minimum atomic E-state index is -0.0714. The minimum absolute atomic E-state index is 0.0545. The van der Waals surface area contributed by atoms with Crippen molar-refractivity contribution in [1.29, 1.82) is 10.5 Å². The number of aryl methyl sites for hydroxylation is 1. The molecule has 0 amide bonds. The van der Waals surface area contributed by atoms with Crippen LogP contribution in [0.2, 0.25) is 0 Å². The van der Waals surface area contributed by atoms with E-state index in [4.69, 9.17) is 18.9 Å². The number of nitriles is 2. The van der Waals surface area contributed by atoms with Crippen LogP contribution in [-0.2, 0) is 14.2 Å². The second-order valence-electron chi connectivity index (χ2n) is 13.1. The van der Waals surface area contributed by atoms with Crippen LogP contribution in [-0.4, -0.2) is 191 Å². The van der Waals surface area contributed by atoms with Gasteiger partial charge in [-0.1, -0.05) is 0 Å². The first-order chi connectivity index (χ1) is 26.7. The van der Waals surface area contributed by atoms with Gasteiger partial charge in [0.25, 0.3) is 0 Å². The van der Waals surface area contributed by atoms with Crippen LogP contribution in [0, 0.1) is 36.5 Å². The second-order valence-corrected chi connectivity index (χ2v) is 14.1. The molecule has 308 valence electrons. The van der Waals surface area contributed by atoms with E-state index in [1.807, 2.05) is 13.0 Å². The first-order valence-corrected chi connectivity index (χ1v) is 19.4. The number of aliphatic hydroxyl groups is 6. The van der Waals surface area contributed by atoms with Gasteiger partial charge in [0.2, 0.25) is 0 Å². The van der Waals surface area contributed by atoms with E-state index in [-0.39, 0.29) is 39.6 Å². The summed E-state index contributed by atoms with van der Waals surface area (Å²) in [7, 11) is 1.56. The first kappa shape index (κ1) is 47.8. The number of aliphatic hydroxyl groups excluding tert-OH is 6. The third-order valence-corrected chi connectivity index (χ3v) is 10.8. The third-order valence-electron chi connectivity index (χ3n) is 9.68. The highest BCUT2D eigenvalue weighted by Crippen LogP contribution is 2.38. The van der Waals surface area contributed by atoms with E-state index < -0.39 is 0 Å². The van der Waals surface area contributed by atoms with Crippen molar-refractivity contribution >= 4 is 27.7 Å². The molecule has 1 heterocycles. The van der Waals surface area contributed by atoms with Crippen molar-refractivity contribution in [2.75, 3.05) is 157 Å². The summed E-state index contributed by atoms with van der Waals surface area (Å²) in [6.07, 6.45) is 0. The van der Waals surface area contributed by atoms with Gasteiger partial charge in [-0.15, -0.1) is 21.6 Å². The molecule has 0 aliphatic heterocycles. The Kier molecular flexibility index (Phi) is 23.0. The van der Waals surface area contributed by atoms with Gasteiger partial charge in [0.15, 0.2) is 5.00 Å². The lowest BCUT2D eigenvalue weighted by Gasteiger charge is -2.37. The Labute approximate surface area is 328 Å². The molecule has 0 atom stereocenters. The van der Waals surface area contributed by atoms with E-state index in [1.165, 1.54) is 0 Å². The van der Waals surface area contributed by atoms with Crippen molar-refractivity contribution in [3.05, 3.63) is 33.7 Å². The lowest BCUT2D eigenvalue weighted by Crippen LogP contribution is -2.55. The van der Waals surface area contributed by atoms with E-state index in [9.17, 15) is 41.2 Å². The molecule has 0 saturated heterocycles. The van der Waals surface area contributed by atoms with E-state index in [2.05, 4.69) is 27.3 Å². The molecule has 2 aromatic rings. The maximum Gasteiger partial charge on any atom is 0.158 e. The number of hydrogen-bond donors (Lipinski definition) is 6. The van der Waals surface area contributed by atoms with Crippen LogP contribution in [0.4, 0.5) is 16.4 Å². The molecule has 0 bridgehead atoms. The van der Waals surface area contributed by atoms with E-state index in [0.717, 1.165) is 22.6 Å². The van der Waals surface area contributed by atoms with Crippen molar-refractivity contribution < 1.29 is 58.6 Å². The van der Waals surface area contributed by atoms with E-state index in [0.29, 0.717) is 146 Å². The molecule has 1 aromatic heterocycles. The standard InChI is InChI=1S/C37H61N7O10S/c1-30-26-34(35(51-3)27-33(30)40-41-37-32(28-38)31(2)36(29-39)55-37)42(4-20-52-22-12-43(6-14-45,7-15-46)8-16-47)5-21-53-24-25-54-23-13-44(9-17-48,10-18-49)11-19-50/h26-27,45-50H,4-25H2,1-3H3/q+2/b41-40+. The molecule has 0 saturated carbocycles. The van der Waals surface area contributed by atoms with Gasteiger partial charge in [-0.2, -0.15) is 10.5 Å². The molecular weight excluding hydrogens is 735 g/mol. The molecule has 2 rings (SSSR count). The van der Waals surface area contributed by atoms with E-state index in [1.54, 1.807) is 20.1 Å². The van der Waals surface area contributed by atoms with Crippen LogP contribution < -0.4 is 9.64 Å². The average Bonchev–Trinajstić information content (AvgIpc) is 3.48. The van der Waals surface area contributed by atoms with Crippen LogP contribution >= 0.6 is 11.3 Å². The first-order valence-electron chi connectivity index (χ1n) is 18.5. The zero-order valence-corrected chi connectivity index (χ0v) is 33.4. The molecule has 55 heavy (non-hydrogen) atoms. The number of azo groups is 1. The Morgan fingerprint density at radius 2 is 1.13 bits per heavy atom. The Hall–Kier alpha value is -3.34. The molecule has 1 aromatic carbocycles. The van der Waals surface area contributed by atoms with Gasteiger partial charge in [0.05, 0.1) is 103 Å². The van der Waals surface area contributed by atoms with Crippen LogP contribution in [0.3, 0.4) is 0 Å². The van der Waals surface area contributed by atoms with Crippen molar-refractivity contribution in [2.24, 2.45) is 10.2 Å². The van der Waals surface area contributed by atoms with Crippen LogP contribution in [0.1, 0.15) is 21.6 Å². The smallest absolute Gasteiger partial charge is 0.158 e. The van der Waals surface area contributed by atoms with Gasteiger partial charge in [-0.3, -0.25) is 0 Å². The highest BCUT2D eigenvalue weighted by molar-refractivity contribution is 7.16. The van der Waals surface area contributed by atoms with Crippen LogP contribution in [0.5, 0.6) is 5.75 Å². The number of thiophene rings is 1. The molecule has 0 unspecified atom stereocenters. The predicted molar refractivity (Wildman–Crippen MR) is 207 cm³/mol. The molecule has 0 radical (unpaired) electrons. The summed E-state index contributed by atoms with van der Waals surface area (Å²) in [5.74, 6) is 0.531. The second kappa shape index (κ2) is 26.5. The number of benzene rings is 1. The SMILES string of the molecule is COc1cc(/N=N/c2sc(C#N)c(C)c2C#N)c(C)cc1N(CCOCCOCC[N+](CCO)(CCO)CCO)CCOCC[N+](CCO)(CCO)CCO. The Morgan fingerprint density at radius 3 is 1.56 bits per heavy atom. The quantitative estimate of drug-likeness (QED) is 0.0355.